The van der Waals surface area contributed by atoms with Gasteiger partial charge in [0.25, 0.3) is 5.56 Å². The number of amides is 1. The van der Waals surface area contributed by atoms with E-state index in [1.807, 2.05) is 6.07 Å². The van der Waals surface area contributed by atoms with Crippen LogP contribution in [0, 0.1) is 11.8 Å². The third-order valence-corrected chi connectivity index (χ3v) is 6.31. The minimum atomic E-state index is -0.0711. The van der Waals surface area contributed by atoms with Crippen molar-refractivity contribution in [3.63, 3.8) is 0 Å². The van der Waals surface area contributed by atoms with Crippen LogP contribution in [0.1, 0.15) is 59.1 Å². The van der Waals surface area contributed by atoms with E-state index in [0.29, 0.717) is 12.5 Å². The predicted molar refractivity (Wildman–Crippen MR) is 111 cm³/mol. The van der Waals surface area contributed by atoms with E-state index >= 15 is 0 Å². The fourth-order valence-corrected chi connectivity index (χ4v) is 4.20. The Bertz CT molecular complexity index is 721. The van der Waals surface area contributed by atoms with Gasteiger partial charge in [-0.2, -0.15) is 5.10 Å². The highest BCUT2D eigenvalue weighted by molar-refractivity contribution is 5.79. The van der Waals surface area contributed by atoms with Crippen LogP contribution in [0.2, 0.25) is 0 Å². The number of hydrogen-bond acceptors (Lipinski definition) is 4. The highest BCUT2D eigenvalue weighted by Crippen LogP contribution is 2.29. The molecule has 0 bridgehead atoms. The number of nitrogens with zero attached hydrogens (tertiary/aromatic N) is 4. The topological polar surface area (TPSA) is 58.4 Å². The molecule has 0 atom stereocenters. The molecular formula is C22H36N4O2. The molecule has 0 N–H and O–H groups in total. The maximum atomic E-state index is 12.8. The molecule has 1 aromatic rings. The lowest BCUT2D eigenvalue weighted by atomic mass is 9.82. The fraction of sp³-hybridized carbons (Fsp3) is 0.773. The third kappa shape index (κ3) is 5.22. The van der Waals surface area contributed by atoms with E-state index in [-0.39, 0.29) is 16.9 Å². The van der Waals surface area contributed by atoms with Gasteiger partial charge in [0, 0.05) is 50.1 Å². The molecule has 1 saturated heterocycles. The molecule has 1 aliphatic carbocycles. The SMILES string of the molecule is CC1CCC(C(=O)N2CCN(CCn3nc(C(C)(C)C)ccc3=O)CC2)CC1. The smallest absolute Gasteiger partial charge is 0.266 e. The minimum absolute atomic E-state index is 0.0478. The molecule has 2 fully saturated rings. The molecule has 6 nitrogen and oxygen atoms in total. The van der Waals surface area contributed by atoms with Gasteiger partial charge in [-0.3, -0.25) is 14.5 Å². The van der Waals surface area contributed by atoms with Crippen LogP contribution in [0.4, 0.5) is 0 Å². The molecule has 1 aromatic heterocycles. The van der Waals surface area contributed by atoms with Crippen molar-refractivity contribution in [3.8, 4) is 0 Å². The zero-order valence-electron chi connectivity index (χ0n) is 18.0. The Morgan fingerprint density at radius 3 is 2.29 bits per heavy atom. The molecule has 28 heavy (non-hydrogen) atoms. The minimum Gasteiger partial charge on any atom is -0.340 e. The van der Waals surface area contributed by atoms with E-state index in [4.69, 9.17) is 0 Å². The standard InChI is InChI=1S/C22H36N4O2/c1-17-5-7-18(8-6-17)21(28)25-14-11-24(12-15-25)13-16-26-20(27)10-9-19(23-26)22(2,3)4/h9-10,17-18H,5-8,11-16H2,1-4H3. The highest BCUT2D eigenvalue weighted by Gasteiger charge is 2.30. The predicted octanol–water partition coefficient (Wildman–Crippen LogP) is 2.51. The van der Waals surface area contributed by atoms with Crippen molar-refractivity contribution < 1.29 is 4.79 Å². The van der Waals surface area contributed by atoms with E-state index in [9.17, 15) is 9.59 Å². The van der Waals surface area contributed by atoms with Gasteiger partial charge in [-0.15, -0.1) is 0 Å². The van der Waals surface area contributed by atoms with E-state index in [2.05, 4.69) is 42.6 Å². The quantitative estimate of drug-likeness (QED) is 0.795. The Morgan fingerprint density at radius 1 is 1.04 bits per heavy atom. The van der Waals surface area contributed by atoms with Gasteiger partial charge in [0.15, 0.2) is 0 Å². The summed E-state index contributed by atoms with van der Waals surface area (Å²) in [6.45, 7) is 13.3. The van der Waals surface area contributed by atoms with Gasteiger partial charge in [-0.25, -0.2) is 4.68 Å². The first kappa shape index (κ1) is 21.0. The summed E-state index contributed by atoms with van der Waals surface area (Å²) in [5, 5.41) is 4.55. The number of carbonyl (C=O) groups is 1. The highest BCUT2D eigenvalue weighted by atomic mass is 16.2. The average molecular weight is 389 g/mol. The zero-order valence-corrected chi connectivity index (χ0v) is 18.0. The van der Waals surface area contributed by atoms with Crippen molar-refractivity contribution in [1.29, 1.82) is 0 Å². The second-order valence-corrected chi connectivity index (χ2v) is 9.65. The summed E-state index contributed by atoms with van der Waals surface area (Å²) in [4.78, 5) is 29.3. The van der Waals surface area contributed by atoms with Gasteiger partial charge in [-0.05, 0) is 37.7 Å². The molecule has 1 aliphatic heterocycles. The van der Waals surface area contributed by atoms with Crippen LogP contribution in [0.25, 0.3) is 0 Å². The van der Waals surface area contributed by atoms with Crippen LogP contribution in [-0.4, -0.2) is 58.2 Å². The second kappa shape index (κ2) is 8.76. The lowest BCUT2D eigenvalue weighted by Crippen LogP contribution is -2.51. The molecule has 1 amide bonds. The first-order valence-corrected chi connectivity index (χ1v) is 10.8. The second-order valence-electron chi connectivity index (χ2n) is 9.65. The Labute approximate surface area is 168 Å². The monoisotopic (exact) mass is 388 g/mol. The Morgan fingerprint density at radius 2 is 1.68 bits per heavy atom. The van der Waals surface area contributed by atoms with Crippen molar-refractivity contribution in [2.24, 2.45) is 11.8 Å². The molecule has 6 heteroatoms. The van der Waals surface area contributed by atoms with Crippen molar-refractivity contribution in [1.82, 2.24) is 19.6 Å². The van der Waals surface area contributed by atoms with E-state index in [1.165, 1.54) is 12.8 Å². The van der Waals surface area contributed by atoms with Gasteiger partial charge in [0.1, 0.15) is 0 Å². The van der Waals surface area contributed by atoms with Crippen LogP contribution < -0.4 is 5.56 Å². The first-order chi connectivity index (χ1) is 13.2. The maximum Gasteiger partial charge on any atom is 0.266 e. The van der Waals surface area contributed by atoms with Crippen molar-refractivity contribution in [2.75, 3.05) is 32.7 Å². The van der Waals surface area contributed by atoms with Gasteiger partial charge in [0.05, 0.1) is 12.2 Å². The number of piperazine rings is 1. The number of aromatic nitrogens is 2. The summed E-state index contributed by atoms with van der Waals surface area (Å²) in [6, 6.07) is 3.45. The summed E-state index contributed by atoms with van der Waals surface area (Å²) in [7, 11) is 0. The van der Waals surface area contributed by atoms with Gasteiger partial charge in [0.2, 0.25) is 5.91 Å². The average Bonchev–Trinajstić information content (AvgIpc) is 2.67. The van der Waals surface area contributed by atoms with Gasteiger partial charge in [-0.1, -0.05) is 27.7 Å². The summed E-state index contributed by atoms with van der Waals surface area (Å²) in [6.07, 6.45) is 4.48. The molecule has 3 rings (SSSR count). The summed E-state index contributed by atoms with van der Waals surface area (Å²) in [5.74, 6) is 1.38. The molecule has 1 saturated carbocycles. The Kier molecular flexibility index (Phi) is 6.58. The van der Waals surface area contributed by atoms with Crippen LogP contribution in [0.5, 0.6) is 0 Å². The molecule has 156 valence electrons. The Hall–Kier alpha value is -1.69. The third-order valence-electron chi connectivity index (χ3n) is 6.31. The van der Waals surface area contributed by atoms with E-state index in [0.717, 1.165) is 57.2 Å². The maximum absolute atomic E-state index is 12.8. The van der Waals surface area contributed by atoms with E-state index in [1.54, 1.807) is 10.7 Å². The van der Waals surface area contributed by atoms with Crippen LogP contribution in [0.15, 0.2) is 16.9 Å². The lowest BCUT2D eigenvalue weighted by Gasteiger charge is -2.37. The molecule has 0 radical (unpaired) electrons. The first-order valence-electron chi connectivity index (χ1n) is 10.8. The van der Waals surface area contributed by atoms with Crippen LogP contribution in [-0.2, 0) is 16.8 Å². The molecular weight excluding hydrogens is 352 g/mol. The van der Waals surface area contributed by atoms with Gasteiger partial charge < -0.3 is 4.90 Å². The molecule has 0 spiro atoms. The normalized spacial score (nSPS) is 24.4. The number of rotatable bonds is 4. The number of carbonyl (C=O) groups excluding carboxylic acids is 1. The Balaban J connectivity index is 1.48. The van der Waals surface area contributed by atoms with Crippen LogP contribution >= 0.6 is 0 Å². The largest absolute Gasteiger partial charge is 0.340 e. The fourth-order valence-electron chi connectivity index (χ4n) is 4.20. The van der Waals surface area contributed by atoms with Crippen LogP contribution in [0.3, 0.4) is 0 Å². The van der Waals surface area contributed by atoms with E-state index < -0.39 is 0 Å². The van der Waals surface area contributed by atoms with Crippen molar-refractivity contribution in [2.45, 2.75) is 65.3 Å². The summed E-state index contributed by atoms with van der Waals surface area (Å²) in [5.41, 5.74) is 0.816. The zero-order chi connectivity index (χ0) is 20.3. The van der Waals surface area contributed by atoms with Crippen molar-refractivity contribution in [3.05, 3.63) is 28.2 Å². The molecule has 2 heterocycles. The molecule has 0 aromatic carbocycles. The number of hydrogen-bond donors (Lipinski definition) is 0. The molecule has 0 unspecified atom stereocenters. The molecule has 2 aliphatic rings. The van der Waals surface area contributed by atoms with Gasteiger partial charge >= 0.3 is 0 Å². The summed E-state index contributed by atoms with van der Waals surface area (Å²) >= 11 is 0. The summed E-state index contributed by atoms with van der Waals surface area (Å²) < 4.78 is 1.58. The van der Waals surface area contributed by atoms with Crippen molar-refractivity contribution >= 4 is 5.91 Å². The lowest BCUT2D eigenvalue weighted by molar-refractivity contribution is -0.138.